The van der Waals surface area contributed by atoms with Crippen molar-refractivity contribution in [2.45, 2.75) is 31.3 Å². The SMILES string of the molecule is NC(CCC(=O)O)C(=O)NC(Cc1cnc[nH]1)C(=O)NCC(=O)O. The number of hydrogen-bond donors (Lipinski definition) is 6. The van der Waals surface area contributed by atoms with Gasteiger partial charge in [0, 0.05) is 24.7 Å². The highest BCUT2D eigenvalue weighted by Crippen LogP contribution is 2.01. The number of rotatable bonds is 10. The Bertz CT molecular complexity index is 588. The Morgan fingerprint density at radius 3 is 2.46 bits per heavy atom. The summed E-state index contributed by atoms with van der Waals surface area (Å²) in [5.41, 5.74) is 6.13. The number of carbonyl (C=O) groups is 4. The predicted molar refractivity (Wildman–Crippen MR) is 79.7 cm³/mol. The molecule has 0 aromatic carbocycles. The van der Waals surface area contributed by atoms with E-state index in [-0.39, 0.29) is 19.3 Å². The standard InChI is InChI=1S/C13H19N5O6/c14-8(1-2-10(19)20)12(23)18-9(3-7-4-15-6-17-7)13(24)16-5-11(21)22/h4,6,8-9H,1-3,5,14H2,(H,15,17)(H,16,24)(H,18,23)(H,19,20)(H,21,22). The van der Waals surface area contributed by atoms with Gasteiger partial charge in [0.05, 0.1) is 12.4 Å². The number of aliphatic carboxylic acids is 2. The second-order valence-corrected chi connectivity index (χ2v) is 4.99. The number of amides is 2. The zero-order valence-corrected chi connectivity index (χ0v) is 12.7. The minimum Gasteiger partial charge on any atom is -0.481 e. The summed E-state index contributed by atoms with van der Waals surface area (Å²) in [7, 11) is 0. The van der Waals surface area contributed by atoms with Gasteiger partial charge in [-0.05, 0) is 6.42 Å². The molecule has 132 valence electrons. The van der Waals surface area contributed by atoms with Crippen LogP contribution in [0.4, 0.5) is 0 Å². The van der Waals surface area contributed by atoms with Crippen molar-refractivity contribution in [1.82, 2.24) is 20.6 Å². The van der Waals surface area contributed by atoms with Crippen LogP contribution in [-0.4, -0.2) is 62.6 Å². The van der Waals surface area contributed by atoms with Gasteiger partial charge in [0.2, 0.25) is 11.8 Å². The predicted octanol–water partition coefficient (Wildman–Crippen LogP) is -2.17. The van der Waals surface area contributed by atoms with Gasteiger partial charge in [-0.1, -0.05) is 0 Å². The summed E-state index contributed by atoms with van der Waals surface area (Å²) in [4.78, 5) is 51.6. The van der Waals surface area contributed by atoms with E-state index in [4.69, 9.17) is 15.9 Å². The van der Waals surface area contributed by atoms with Crippen LogP contribution in [0, 0.1) is 0 Å². The molecule has 11 heteroatoms. The van der Waals surface area contributed by atoms with Gasteiger partial charge in [-0.2, -0.15) is 0 Å². The van der Waals surface area contributed by atoms with Gasteiger partial charge >= 0.3 is 11.9 Å². The topological polar surface area (TPSA) is 188 Å². The Morgan fingerprint density at radius 1 is 1.21 bits per heavy atom. The first kappa shape index (κ1) is 19.1. The van der Waals surface area contributed by atoms with Crippen molar-refractivity contribution in [2.75, 3.05) is 6.54 Å². The summed E-state index contributed by atoms with van der Waals surface area (Å²) < 4.78 is 0. The molecule has 1 aromatic rings. The minimum absolute atomic E-state index is 0.0445. The quantitative estimate of drug-likeness (QED) is 0.277. The fraction of sp³-hybridized carbons (Fsp3) is 0.462. The highest BCUT2D eigenvalue weighted by Gasteiger charge is 2.25. The lowest BCUT2D eigenvalue weighted by Gasteiger charge is -2.19. The first-order valence-electron chi connectivity index (χ1n) is 7.04. The summed E-state index contributed by atoms with van der Waals surface area (Å²) in [6.07, 6.45) is 2.51. The first-order chi connectivity index (χ1) is 11.3. The largest absolute Gasteiger partial charge is 0.481 e. The third kappa shape index (κ3) is 6.87. The zero-order valence-electron chi connectivity index (χ0n) is 12.7. The summed E-state index contributed by atoms with van der Waals surface area (Å²) in [5, 5.41) is 21.7. The number of aromatic amines is 1. The van der Waals surface area contributed by atoms with Crippen molar-refractivity contribution in [3.8, 4) is 0 Å². The van der Waals surface area contributed by atoms with Gasteiger partial charge in [-0.3, -0.25) is 19.2 Å². The molecule has 1 heterocycles. The molecule has 0 fully saturated rings. The molecule has 0 bridgehead atoms. The van der Waals surface area contributed by atoms with Crippen LogP contribution in [0.5, 0.6) is 0 Å². The van der Waals surface area contributed by atoms with Gasteiger partial charge < -0.3 is 31.6 Å². The molecule has 1 aromatic heterocycles. The highest BCUT2D eigenvalue weighted by molar-refractivity contribution is 5.91. The van der Waals surface area contributed by atoms with E-state index < -0.39 is 42.4 Å². The molecule has 0 aliphatic rings. The Kier molecular flexibility index (Phi) is 7.36. The zero-order chi connectivity index (χ0) is 18.1. The monoisotopic (exact) mass is 341 g/mol. The molecule has 0 aliphatic heterocycles. The van der Waals surface area contributed by atoms with Crippen LogP contribution < -0.4 is 16.4 Å². The number of nitrogens with two attached hydrogens (primary N) is 1. The maximum atomic E-state index is 12.0. The van der Waals surface area contributed by atoms with Crippen molar-refractivity contribution in [2.24, 2.45) is 5.73 Å². The molecule has 0 radical (unpaired) electrons. The molecule has 0 saturated heterocycles. The summed E-state index contributed by atoms with van der Waals surface area (Å²) >= 11 is 0. The molecule has 0 aliphatic carbocycles. The van der Waals surface area contributed by atoms with E-state index in [0.717, 1.165) is 0 Å². The van der Waals surface area contributed by atoms with Crippen LogP contribution in [-0.2, 0) is 25.6 Å². The molecule has 1 rings (SSSR count). The van der Waals surface area contributed by atoms with E-state index in [1.807, 2.05) is 0 Å². The fourth-order valence-electron chi connectivity index (χ4n) is 1.80. The smallest absolute Gasteiger partial charge is 0.322 e. The van der Waals surface area contributed by atoms with Gasteiger partial charge in [0.1, 0.15) is 12.6 Å². The van der Waals surface area contributed by atoms with Crippen molar-refractivity contribution in [1.29, 1.82) is 0 Å². The number of nitrogens with one attached hydrogen (secondary N) is 3. The normalized spacial score (nSPS) is 12.9. The van der Waals surface area contributed by atoms with E-state index >= 15 is 0 Å². The van der Waals surface area contributed by atoms with Gasteiger partial charge in [-0.15, -0.1) is 0 Å². The van der Waals surface area contributed by atoms with Crippen molar-refractivity contribution >= 4 is 23.8 Å². The van der Waals surface area contributed by atoms with Crippen LogP contribution in [0.2, 0.25) is 0 Å². The van der Waals surface area contributed by atoms with Crippen LogP contribution >= 0.6 is 0 Å². The molecular weight excluding hydrogens is 322 g/mol. The molecule has 0 spiro atoms. The number of carboxylic acid groups (broad SMARTS) is 2. The third-order valence-corrected chi connectivity index (χ3v) is 3.03. The average molecular weight is 341 g/mol. The number of carboxylic acids is 2. The molecule has 11 nitrogen and oxygen atoms in total. The lowest BCUT2D eigenvalue weighted by Crippen LogP contribution is -2.53. The number of nitrogens with zero attached hydrogens (tertiary/aromatic N) is 1. The lowest BCUT2D eigenvalue weighted by atomic mass is 10.1. The fourth-order valence-corrected chi connectivity index (χ4v) is 1.80. The number of aromatic nitrogens is 2. The van der Waals surface area contributed by atoms with Crippen molar-refractivity contribution in [3.05, 3.63) is 18.2 Å². The number of imidazole rings is 1. The van der Waals surface area contributed by atoms with Crippen molar-refractivity contribution in [3.63, 3.8) is 0 Å². The van der Waals surface area contributed by atoms with Crippen LogP contribution in [0.15, 0.2) is 12.5 Å². The Hall–Kier alpha value is -2.95. The van der Waals surface area contributed by atoms with Crippen LogP contribution in [0.1, 0.15) is 18.5 Å². The molecule has 24 heavy (non-hydrogen) atoms. The number of H-pyrrole nitrogens is 1. The Balaban J connectivity index is 2.69. The highest BCUT2D eigenvalue weighted by atomic mass is 16.4. The van der Waals surface area contributed by atoms with E-state index in [9.17, 15) is 19.2 Å². The number of hydrogen-bond acceptors (Lipinski definition) is 6. The second kappa shape index (κ2) is 9.25. The van der Waals surface area contributed by atoms with E-state index in [2.05, 4.69) is 20.6 Å². The third-order valence-electron chi connectivity index (χ3n) is 3.03. The van der Waals surface area contributed by atoms with Gasteiger partial charge in [-0.25, -0.2) is 4.98 Å². The van der Waals surface area contributed by atoms with E-state index in [1.165, 1.54) is 12.5 Å². The molecule has 7 N–H and O–H groups in total. The van der Waals surface area contributed by atoms with Crippen LogP contribution in [0.25, 0.3) is 0 Å². The Labute approximate surface area is 136 Å². The molecule has 2 atom stereocenters. The summed E-state index contributed by atoms with van der Waals surface area (Å²) in [5.74, 6) is -3.73. The average Bonchev–Trinajstić information content (AvgIpc) is 3.02. The van der Waals surface area contributed by atoms with Crippen molar-refractivity contribution < 1.29 is 29.4 Å². The first-order valence-corrected chi connectivity index (χ1v) is 7.04. The summed E-state index contributed by atoms with van der Waals surface area (Å²) in [6, 6.07) is -2.18. The molecular formula is C13H19N5O6. The van der Waals surface area contributed by atoms with Gasteiger partial charge in [0.15, 0.2) is 0 Å². The molecule has 2 unspecified atom stereocenters. The molecule has 2 amide bonds. The Morgan fingerprint density at radius 2 is 1.92 bits per heavy atom. The van der Waals surface area contributed by atoms with Gasteiger partial charge in [0.25, 0.3) is 0 Å². The summed E-state index contributed by atoms with van der Waals surface area (Å²) in [6.45, 7) is -0.598. The maximum Gasteiger partial charge on any atom is 0.322 e. The van der Waals surface area contributed by atoms with E-state index in [0.29, 0.717) is 5.69 Å². The maximum absolute atomic E-state index is 12.0. The van der Waals surface area contributed by atoms with Crippen LogP contribution in [0.3, 0.4) is 0 Å². The molecule has 0 saturated carbocycles. The number of carbonyl (C=O) groups excluding carboxylic acids is 2. The minimum atomic E-state index is -1.23. The second-order valence-electron chi connectivity index (χ2n) is 4.99. The lowest BCUT2D eigenvalue weighted by molar-refractivity contribution is -0.138. The van der Waals surface area contributed by atoms with E-state index in [1.54, 1.807) is 0 Å².